The van der Waals surface area contributed by atoms with Gasteiger partial charge in [0.1, 0.15) is 6.04 Å². The van der Waals surface area contributed by atoms with Crippen LogP contribution >= 0.6 is 0 Å². The second kappa shape index (κ2) is 9.18. The largest absolute Gasteiger partial charge is 0.461 e. The molecule has 2 heterocycles. The Balaban J connectivity index is 1.87. The van der Waals surface area contributed by atoms with Crippen LogP contribution in [0.5, 0.6) is 0 Å². The van der Waals surface area contributed by atoms with Crippen LogP contribution in [0.25, 0.3) is 0 Å². The second-order valence-corrected chi connectivity index (χ2v) is 8.56. The van der Waals surface area contributed by atoms with E-state index in [-0.39, 0.29) is 18.0 Å². The molecule has 0 bridgehead atoms. The number of amides is 1. The van der Waals surface area contributed by atoms with Crippen LogP contribution in [0.15, 0.2) is 101 Å². The highest BCUT2D eigenvalue weighted by molar-refractivity contribution is 6.54. The number of nitrogens with zero attached hydrogens (tertiary/aromatic N) is 5. The number of hydrogen-bond acceptors (Lipinski definition) is 7. The lowest BCUT2D eigenvalue weighted by Crippen LogP contribution is -2.57. The van der Waals surface area contributed by atoms with Crippen LogP contribution < -0.4 is 5.01 Å². The van der Waals surface area contributed by atoms with Gasteiger partial charge in [-0.25, -0.2) is 4.79 Å². The van der Waals surface area contributed by atoms with E-state index in [1.165, 1.54) is 0 Å². The van der Waals surface area contributed by atoms with Crippen molar-refractivity contribution >= 4 is 29.0 Å². The summed E-state index contributed by atoms with van der Waals surface area (Å²) in [5, 5.41) is 26.9. The predicted molar refractivity (Wildman–Crippen MR) is 136 cm³/mol. The third kappa shape index (κ3) is 3.27. The summed E-state index contributed by atoms with van der Waals surface area (Å²) in [5.74, 6) is -1.60. The van der Waals surface area contributed by atoms with Gasteiger partial charge >= 0.3 is 5.97 Å². The molecule has 8 heteroatoms. The average molecular weight is 488 g/mol. The van der Waals surface area contributed by atoms with Crippen molar-refractivity contribution in [2.75, 3.05) is 11.6 Å². The standard InChI is InChI=1S/C29H21N5O3/c1-2-37-26(35)25-29(27(36)34(33-25)22-16-10-5-11-17-22)24(21-14-8-4-9-15-21)32-23(28(29,18-30)19-31)20-12-6-3-7-13-20/h3-17,23H,2H2,1H3/t23-,29+/m1/s1. The minimum absolute atomic E-state index is 0.0134. The van der Waals surface area contributed by atoms with Crippen molar-refractivity contribution in [3.8, 4) is 12.1 Å². The molecule has 1 amide bonds. The van der Waals surface area contributed by atoms with Crippen molar-refractivity contribution in [1.29, 1.82) is 10.5 Å². The number of aliphatic imine (C=N–C) groups is 1. The van der Waals surface area contributed by atoms with Crippen LogP contribution in [-0.2, 0) is 14.3 Å². The Morgan fingerprint density at radius 2 is 1.51 bits per heavy atom. The van der Waals surface area contributed by atoms with Gasteiger partial charge in [0, 0.05) is 0 Å². The monoisotopic (exact) mass is 487 g/mol. The third-order valence-corrected chi connectivity index (χ3v) is 6.67. The van der Waals surface area contributed by atoms with E-state index in [9.17, 15) is 20.1 Å². The van der Waals surface area contributed by atoms with Crippen molar-refractivity contribution in [3.63, 3.8) is 0 Å². The molecule has 8 nitrogen and oxygen atoms in total. The molecule has 2 aliphatic rings. The molecule has 1 spiro atoms. The summed E-state index contributed by atoms with van der Waals surface area (Å²) in [6.45, 7) is 1.64. The fourth-order valence-corrected chi connectivity index (χ4v) is 5.06. The van der Waals surface area contributed by atoms with Crippen LogP contribution in [0, 0.1) is 33.5 Å². The molecule has 2 atom stereocenters. The first-order chi connectivity index (χ1) is 18.0. The van der Waals surface area contributed by atoms with Gasteiger partial charge in [0.2, 0.25) is 0 Å². The Morgan fingerprint density at radius 1 is 0.946 bits per heavy atom. The van der Waals surface area contributed by atoms with Gasteiger partial charge in [-0.2, -0.15) is 20.6 Å². The fourth-order valence-electron chi connectivity index (χ4n) is 5.06. The van der Waals surface area contributed by atoms with Crippen LogP contribution in [0.3, 0.4) is 0 Å². The first-order valence-electron chi connectivity index (χ1n) is 11.7. The molecule has 0 aromatic heterocycles. The quantitative estimate of drug-likeness (QED) is 0.499. The summed E-state index contributed by atoms with van der Waals surface area (Å²) in [6.07, 6.45) is 0. The summed E-state index contributed by atoms with van der Waals surface area (Å²) in [6, 6.07) is 29.3. The lowest BCUT2D eigenvalue weighted by molar-refractivity contribution is -0.136. The Labute approximate surface area is 213 Å². The zero-order valence-electron chi connectivity index (χ0n) is 19.9. The number of anilines is 1. The van der Waals surface area contributed by atoms with Gasteiger partial charge in [0.15, 0.2) is 16.5 Å². The van der Waals surface area contributed by atoms with E-state index < -0.39 is 28.7 Å². The summed E-state index contributed by atoms with van der Waals surface area (Å²) in [5.41, 5.74) is -3.05. The van der Waals surface area contributed by atoms with E-state index in [4.69, 9.17) is 9.73 Å². The van der Waals surface area contributed by atoms with E-state index in [0.29, 0.717) is 16.8 Å². The number of hydrogen-bond donors (Lipinski definition) is 0. The number of ether oxygens (including phenoxy) is 1. The number of esters is 1. The van der Waals surface area contributed by atoms with Crippen molar-refractivity contribution in [3.05, 3.63) is 102 Å². The average Bonchev–Trinajstić information content (AvgIpc) is 3.43. The third-order valence-electron chi connectivity index (χ3n) is 6.67. The first-order valence-corrected chi connectivity index (χ1v) is 11.7. The Bertz CT molecular complexity index is 1490. The molecular formula is C29H21N5O3. The van der Waals surface area contributed by atoms with E-state index in [1.807, 2.05) is 0 Å². The number of para-hydroxylation sites is 1. The number of benzene rings is 3. The molecule has 5 rings (SSSR count). The molecular weight excluding hydrogens is 466 g/mol. The van der Waals surface area contributed by atoms with Crippen molar-refractivity contribution in [2.24, 2.45) is 20.9 Å². The molecule has 0 saturated carbocycles. The highest BCUT2D eigenvalue weighted by atomic mass is 16.5. The molecule has 2 aliphatic heterocycles. The smallest absolute Gasteiger partial charge is 0.356 e. The Kier molecular flexibility index (Phi) is 5.87. The van der Waals surface area contributed by atoms with Gasteiger partial charge < -0.3 is 4.74 Å². The lowest BCUT2D eigenvalue weighted by atomic mass is 9.56. The van der Waals surface area contributed by atoms with Crippen molar-refractivity contribution in [1.82, 2.24) is 0 Å². The molecule has 0 aliphatic carbocycles. The van der Waals surface area contributed by atoms with E-state index >= 15 is 0 Å². The minimum atomic E-state index is -2.14. The SMILES string of the molecule is CCOC(=O)C1=NN(c2ccccc2)C(=O)[C@]12C(c1ccccc1)=N[C@H](c1ccccc1)C2(C#N)C#N. The van der Waals surface area contributed by atoms with Crippen LogP contribution in [0.4, 0.5) is 5.69 Å². The van der Waals surface area contributed by atoms with Crippen LogP contribution in [0.2, 0.25) is 0 Å². The predicted octanol–water partition coefficient (Wildman–Crippen LogP) is 4.22. The second-order valence-electron chi connectivity index (χ2n) is 8.56. The molecule has 0 unspecified atom stereocenters. The van der Waals surface area contributed by atoms with Gasteiger partial charge in [-0.05, 0) is 30.2 Å². The van der Waals surface area contributed by atoms with Gasteiger partial charge in [-0.3, -0.25) is 9.79 Å². The van der Waals surface area contributed by atoms with Gasteiger partial charge in [0.25, 0.3) is 5.91 Å². The number of carbonyl (C=O) groups excluding carboxylic acids is 2. The Morgan fingerprint density at radius 3 is 2.08 bits per heavy atom. The van der Waals surface area contributed by atoms with E-state index in [0.717, 1.165) is 5.01 Å². The number of nitriles is 2. The topological polar surface area (TPSA) is 119 Å². The maximum absolute atomic E-state index is 14.6. The van der Waals surface area contributed by atoms with E-state index in [1.54, 1.807) is 97.9 Å². The van der Waals surface area contributed by atoms with Crippen LogP contribution in [0.1, 0.15) is 24.1 Å². The maximum atomic E-state index is 14.6. The van der Waals surface area contributed by atoms with Crippen molar-refractivity contribution < 1.29 is 14.3 Å². The fraction of sp³-hybridized carbons (Fsp3) is 0.172. The molecule has 3 aromatic carbocycles. The Hall–Kier alpha value is -5.08. The van der Waals surface area contributed by atoms with Gasteiger partial charge in [0.05, 0.1) is 30.1 Å². The van der Waals surface area contributed by atoms with Crippen molar-refractivity contribution in [2.45, 2.75) is 13.0 Å². The van der Waals surface area contributed by atoms with Gasteiger partial charge in [-0.15, -0.1) is 0 Å². The lowest BCUT2D eigenvalue weighted by Gasteiger charge is -2.35. The minimum Gasteiger partial charge on any atom is -0.461 e. The van der Waals surface area contributed by atoms with E-state index in [2.05, 4.69) is 17.2 Å². The molecule has 37 heavy (non-hydrogen) atoms. The zero-order chi connectivity index (χ0) is 26.0. The molecule has 0 N–H and O–H groups in total. The molecule has 0 saturated heterocycles. The zero-order valence-corrected chi connectivity index (χ0v) is 19.9. The summed E-state index contributed by atoms with van der Waals surface area (Å²) >= 11 is 0. The van der Waals surface area contributed by atoms with Gasteiger partial charge in [-0.1, -0.05) is 78.9 Å². The maximum Gasteiger partial charge on any atom is 0.356 e. The number of rotatable bonds is 5. The number of hydrazone groups is 1. The summed E-state index contributed by atoms with van der Waals surface area (Å²) < 4.78 is 5.33. The molecule has 0 fully saturated rings. The normalized spacial score (nSPS) is 21.6. The molecule has 0 radical (unpaired) electrons. The summed E-state index contributed by atoms with van der Waals surface area (Å²) in [7, 11) is 0. The highest BCUT2D eigenvalue weighted by Gasteiger charge is 2.76. The summed E-state index contributed by atoms with van der Waals surface area (Å²) in [4.78, 5) is 32.9. The highest BCUT2D eigenvalue weighted by Crippen LogP contribution is 2.60. The van der Waals surface area contributed by atoms with Crippen LogP contribution in [-0.4, -0.2) is 29.9 Å². The molecule has 3 aromatic rings. The number of carbonyl (C=O) groups is 2. The molecule has 180 valence electrons. The first kappa shape index (κ1) is 23.7.